The number of rotatable bonds is 2. The first-order valence-corrected chi connectivity index (χ1v) is 5.88. The zero-order valence-electron chi connectivity index (χ0n) is 9.51. The molecule has 1 heteroatoms. The molecule has 2 aromatic carbocycles. The SMILES string of the molecule is N#C[C@@]1(c2ccccc2)C[C@@H]1c1ccccc1. The molecule has 0 spiro atoms. The Balaban J connectivity index is 1.97. The van der Waals surface area contributed by atoms with Gasteiger partial charge in [0.25, 0.3) is 0 Å². The van der Waals surface area contributed by atoms with Gasteiger partial charge in [0.2, 0.25) is 0 Å². The fourth-order valence-electron chi connectivity index (χ4n) is 2.59. The van der Waals surface area contributed by atoms with Gasteiger partial charge in [0.1, 0.15) is 0 Å². The fraction of sp³-hybridized carbons (Fsp3) is 0.188. The highest BCUT2D eigenvalue weighted by Gasteiger charge is 2.56. The van der Waals surface area contributed by atoms with Crippen molar-refractivity contribution in [1.29, 1.82) is 5.26 Å². The largest absolute Gasteiger partial charge is 0.197 e. The summed E-state index contributed by atoms with van der Waals surface area (Å²) in [4.78, 5) is 0. The third-order valence-electron chi connectivity index (χ3n) is 3.65. The predicted molar refractivity (Wildman–Crippen MR) is 67.5 cm³/mol. The first-order valence-electron chi connectivity index (χ1n) is 5.88. The summed E-state index contributed by atoms with van der Waals surface area (Å²) in [6, 6.07) is 23.0. The van der Waals surface area contributed by atoms with Crippen molar-refractivity contribution < 1.29 is 0 Å². The molecule has 0 unspecified atom stereocenters. The zero-order chi connectivity index (χ0) is 11.7. The van der Waals surface area contributed by atoms with Crippen molar-refractivity contribution in [2.75, 3.05) is 0 Å². The van der Waals surface area contributed by atoms with Gasteiger partial charge < -0.3 is 0 Å². The summed E-state index contributed by atoms with van der Waals surface area (Å²) in [5, 5.41) is 9.49. The maximum atomic E-state index is 9.49. The molecule has 0 saturated heterocycles. The molecule has 0 bridgehead atoms. The van der Waals surface area contributed by atoms with Gasteiger partial charge in [-0.05, 0) is 17.5 Å². The lowest BCUT2D eigenvalue weighted by Crippen LogP contribution is -2.05. The van der Waals surface area contributed by atoms with Crippen LogP contribution in [0.25, 0.3) is 0 Å². The maximum absolute atomic E-state index is 9.49. The number of benzene rings is 2. The summed E-state index contributed by atoms with van der Waals surface area (Å²) >= 11 is 0. The molecule has 1 aliphatic carbocycles. The van der Waals surface area contributed by atoms with Gasteiger partial charge in [0.05, 0.1) is 11.5 Å². The Kier molecular flexibility index (Phi) is 2.23. The van der Waals surface area contributed by atoms with E-state index in [0.717, 1.165) is 12.0 Å². The lowest BCUT2D eigenvalue weighted by Gasteiger charge is -2.08. The minimum absolute atomic E-state index is 0.289. The summed E-state index contributed by atoms with van der Waals surface area (Å²) in [7, 11) is 0. The molecule has 0 radical (unpaired) electrons. The summed E-state index contributed by atoms with van der Waals surface area (Å²) < 4.78 is 0. The van der Waals surface area contributed by atoms with E-state index < -0.39 is 0 Å². The van der Waals surface area contributed by atoms with Gasteiger partial charge in [-0.3, -0.25) is 0 Å². The van der Waals surface area contributed by atoms with E-state index in [1.165, 1.54) is 5.56 Å². The Morgan fingerprint density at radius 2 is 1.53 bits per heavy atom. The Morgan fingerprint density at radius 3 is 2.12 bits per heavy atom. The van der Waals surface area contributed by atoms with E-state index in [0.29, 0.717) is 5.92 Å². The van der Waals surface area contributed by atoms with Gasteiger partial charge in [0, 0.05) is 5.92 Å². The van der Waals surface area contributed by atoms with Crippen molar-refractivity contribution in [1.82, 2.24) is 0 Å². The van der Waals surface area contributed by atoms with Gasteiger partial charge in [-0.2, -0.15) is 5.26 Å². The van der Waals surface area contributed by atoms with E-state index in [-0.39, 0.29) is 5.41 Å². The monoisotopic (exact) mass is 219 g/mol. The molecule has 1 saturated carbocycles. The van der Waals surface area contributed by atoms with Crippen LogP contribution in [-0.2, 0) is 5.41 Å². The van der Waals surface area contributed by atoms with Crippen molar-refractivity contribution in [3.63, 3.8) is 0 Å². The van der Waals surface area contributed by atoms with Crippen LogP contribution in [0.4, 0.5) is 0 Å². The highest BCUT2D eigenvalue weighted by molar-refractivity contribution is 5.49. The third-order valence-corrected chi connectivity index (χ3v) is 3.65. The lowest BCUT2D eigenvalue weighted by molar-refractivity contribution is 0.856. The first kappa shape index (κ1) is 10.1. The highest BCUT2D eigenvalue weighted by Crippen LogP contribution is 2.59. The molecule has 1 fully saturated rings. The van der Waals surface area contributed by atoms with E-state index >= 15 is 0 Å². The molecule has 1 aliphatic rings. The number of nitriles is 1. The Bertz CT molecular complexity index is 553. The molecular formula is C16H13N. The highest BCUT2D eigenvalue weighted by atomic mass is 14.6. The van der Waals surface area contributed by atoms with Crippen molar-refractivity contribution in [3.05, 3.63) is 71.8 Å². The predicted octanol–water partition coefficient (Wildman–Crippen LogP) is 3.64. The second kappa shape index (κ2) is 3.75. The minimum Gasteiger partial charge on any atom is -0.197 e. The number of hydrogen-bond acceptors (Lipinski definition) is 1. The smallest absolute Gasteiger partial charge is 0.0897 e. The molecule has 1 nitrogen and oxygen atoms in total. The Labute approximate surface area is 101 Å². The lowest BCUT2D eigenvalue weighted by atomic mass is 9.92. The second-order valence-corrected chi connectivity index (χ2v) is 4.62. The number of nitrogens with zero attached hydrogens (tertiary/aromatic N) is 1. The van der Waals surface area contributed by atoms with Crippen molar-refractivity contribution in [2.45, 2.75) is 17.8 Å². The van der Waals surface area contributed by atoms with Gasteiger partial charge in [-0.25, -0.2) is 0 Å². The third kappa shape index (κ3) is 1.54. The normalized spacial score (nSPS) is 26.2. The Morgan fingerprint density at radius 1 is 0.941 bits per heavy atom. The fourth-order valence-corrected chi connectivity index (χ4v) is 2.59. The summed E-state index contributed by atoms with van der Waals surface area (Å²) in [6.07, 6.45) is 0.942. The van der Waals surface area contributed by atoms with Gasteiger partial charge in [-0.15, -0.1) is 0 Å². The van der Waals surface area contributed by atoms with Gasteiger partial charge >= 0.3 is 0 Å². The van der Waals surface area contributed by atoms with Crippen molar-refractivity contribution >= 4 is 0 Å². The average Bonchev–Trinajstić information content (AvgIpc) is 3.17. The molecule has 2 aromatic rings. The van der Waals surface area contributed by atoms with E-state index in [9.17, 15) is 5.26 Å². The summed E-state index contributed by atoms with van der Waals surface area (Å²) in [5.41, 5.74) is 2.14. The van der Waals surface area contributed by atoms with Crippen LogP contribution in [-0.4, -0.2) is 0 Å². The number of hydrogen-bond donors (Lipinski definition) is 0. The van der Waals surface area contributed by atoms with Gasteiger partial charge in [-0.1, -0.05) is 60.7 Å². The molecule has 3 rings (SSSR count). The molecule has 82 valence electrons. The van der Waals surface area contributed by atoms with Crippen LogP contribution in [0.3, 0.4) is 0 Å². The summed E-state index contributed by atoms with van der Waals surface area (Å²) in [6.45, 7) is 0. The molecule has 0 aromatic heterocycles. The molecule has 0 aliphatic heterocycles. The second-order valence-electron chi connectivity index (χ2n) is 4.62. The van der Waals surface area contributed by atoms with Crippen LogP contribution < -0.4 is 0 Å². The Hall–Kier alpha value is -2.07. The van der Waals surface area contributed by atoms with E-state index in [1.807, 2.05) is 36.4 Å². The maximum Gasteiger partial charge on any atom is 0.0897 e. The van der Waals surface area contributed by atoms with Crippen LogP contribution in [0.1, 0.15) is 23.5 Å². The van der Waals surface area contributed by atoms with Crippen molar-refractivity contribution in [2.24, 2.45) is 0 Å². The van der Waals surface area contributed by atoms with Crippen LogP contribution in [0.2, 0.25) is 0 Å². The van der Waals surface area contributed by atoms with Crippen LogP contribution in [0, 0.1) is 11.3 Å². The van der Waals surface area contributed by atoms with E-state index in [4.69, 9.17) is 0 Å². The average molecular weight is 219 g/mol. The molecule has 2 atom stereocenters. The molecule has 0 heterocycles. The summed E-state index contributed by atoms with van der Waals surface area (Å²) in [5.74, 6) is 0.358. The van der Waals surface area contributed by atoms with Crippen LogP contribution in [0.5, 0.6) is 0 Å². The quantitative estimate of drug-likeness (QED) is 0.756. The van der Waals surface area contributed by atoms with Gasteiger partial charge in [0.15, 0.2) is 0 Å². The van der Waals surface area contributed by atoms with Crippen LogP contribution in [0.15, 0.2) is 60.7 Å². The van der Waals surface area contributed by atoms with Crippen molar-refractivity contribution in [3.8, 4) is 6.07 Å². The standard InChI is InChI=1S/C16H13N/c17-12-16(14-9-5-2-6-10-14)11-15(16)13-7-3-1-4-8-13/h1-10,15H,11H2/t15-,16-/m1/s1. The first-order chi connectivity index (χ1) is 8.37. The molecule has 17 heavy (non-hydrogen) atoms. The molecule has 0 N–H and O–H groups in total. The molecular weight excluding hydrogens is 206 g/mol. The van der Waals surface area contributed by atoms with E-state index in [2.05, 4.69) is 30.3 Å². The topological polar surface area (TPSA) is 23.8 Å². The van der Waals surface area contributed by atoms with Crippen LogP contribution >= 0.6 is 0 Å². The minimum atomic E-state index is -0.289. The van der Waals surface area contributed by atoms with E-state index in [1.54, 1.807) is 0 Å². The molecule has 0 amide bonds. The zero-order valence-corrected chi connectivity index (χ0v) is 9.51.